The summed E-state index contributed by atoms with van der Waals surface area (Å²) in [5.74, 6) is -0.665. The second-order valence-corrected chi connectivity index (χ2v) is 4.86. The lowest BCUT2D eigenvalue weighted by atomic mass is 10.1. The van der Waals surface area contributed by atoms with Gasteiger partial charge in [-0.05, 0) is 47.1 Å². The van der Waals surface area contributed by atoms with Crippen LogP contribution in [0.5, 0.6) is 11.5 Å². The Morgan fingerprint density at radius 1 is 1.16 bits per heavy atom. The van der Waals surface area contributed by atoms with Gasteiger partial charge in [-0.1, -0.05) is 6.07 Å². The molecule has 0 radical (unpaired) electrons. The summed E-state index contributed by atoms with van der Waals surface area (Å²) in [5, 5.41) is 9.58. The Kier molecular flexibility index (Phi) is 4.17. The van der Waals surface area contributed by atoms with Gasteiger partial charge in [0.2, 0.25) is 0 Å². The van der Waals surface area contributed by atoms with Crippen molar-refractivity contribution in [2.75, 3.05) is 0 Å². The average Bonchev–Trinajstić information content (AvgIpc) is 2.33. The molecule has 0 heterocycles. The second-order valence-electron chi connectivity index (χ2n) is 4.00. The van der Waals surface area contributed by atoms with Crippen molar-refractivity contribution in [3.63, 3.8) is 0 Å². The van der Waals surface area contributed by atoms with Crippen molar-refractivity contribution in [2.45, 2.75) is 13.0 Å². The minimum atomic E-state index is -1.02. The highest BCUT2D eigenvalue weighted by molar-refractivity contribution is 9.10. The third-order valence-corrected chi connectivity index (χ3v) is 3.20. The predicted octanol–water partition coefficient (Wildman–Crippen LogP) is 4.57. The van der Waals surface area contributed by atoms with Gasteiger partial charge in [-0.2, -0.15) is 0 Å². The van der Waals surface area contributed by atoms with Gasteiger partial charge in [0.25, 0.3) is 0 Å². The van der Waals surface area contributed by atoms with Crippen molar-refractivity contribution in [3.05, 3.63) is 58.1 Å². The van der Waals surface area contributed by atoms with Crippen LogP contribution in [-0.2, 0) is 0 Å². The molecule has 0 unspecified atom stereocenters. The van der Waals surface area contributed by atoms with Gasteiger partial charge in [0.05, 0.1) is 16.1 Å². The molecule has 0 amide bonds. The molecule has 2 rings (SSSR count). The number of aliphatic hydroxyl groups excluding tert-OH is 1. The van der Waals surface area contributed by atoms with Gasteiger partial charge in [0.15, 0.2) is 0 Å². The second kappa shape index (κ2) is 5.67. The quantitative estimate of drug-likeness (QED) is 0.894. The van der Waals surface area contributed by atoms with E-state index in [1.807, 2.05) is 0 Å². The molecule has 2 aromatic carbocycles. The summed E-state index contributed by atoms with van der Waals surface area (Å²) in [5.41, 5.74) is 0.0404. The van der Waals surface area contributed by atoms with Crippen molar-refractivity contribution in [1.82, 2.24) is 0 Å². The summed E-state index contributed by atoms with van der Waals surface area (Å²) in [6.45, 7) is 1.44. The monoisotopic (exact) mass is 328 g/mol. The van der Waals surface area contributed by atoms with Crippen LogP contribution in [0.15, 0.2) is 40.9 Å². The van der Waals surface area contributed by atoms with E-state index < -0.39 is 17.7 Å². The SMILES string of the molecule is C[C@@H](O)c1c(F)cccc1Oc1cc(F)ccc1Br. The Labute approximate surface area is 117 Å². The van der Waals surface area contributed by atoms with Gasteiger partial charge in [-0.3, -0.25) is 0 Å². The first-order valence-electron chi connectivity index (χ1n) is 5.58. The van der Waals surface area contributed by atoms with Gasteiger partial charge >= 0.3 is 0 Å². The van der Waals surface area contributed by atoms with E-state index in [-0.39, 0.29) is 17.1 Å². The topological polar surface area (TPSA) is 29.5 Å². The fourth-order valence-electron chi connectivity index (χ4n) is 1.69. The maximum atomic E-state index is 13.7. The standard InChI is InChI=1S/C14H11BrF2O2/c1-8(18)14-11(17)3-2-4-12(14)19-13-7-9(16)5-6-10(13)15/h2-8,18H,1H3/t8-/m1/s1. The molecule has 0 bridgehead atoms. The van der Waals surface area contributed by atoms with Crippen LogP contribution in [0.1, 0.15) is 18.6 Å². The zero-order valence-electron chi connectivity index (χ0n) is 10.0. The maximum Gasteiger partial charge on any atom is 0.144 e. The van der Waals surface area contributed by atoms with Gasteiger partial charge in [0.1, 0.15) is 23.1 Å². The smallest absolute Gasteiger partial charge is 0.144 e. The summed E-state index contributed by atoms with van der Waals surface area (Å²) in [6, 6.07) is 8.16. The molecule has 1 N–H and O–H groups in total. The summed E-state index contributed by atoms with van der Waals surface area (Å²) in [7, 11) is 0. The molecule has 100 valence electrons. The zero-order chi connectivity index (χ0) is 14.0. The zero-order valence-corrected chi connectivity index (χ0v) is 11.6. The van der Waals surface area contributed by atoms with E-state index in [9.17, 15) is 13.9 Å². The van der Waals surface area contributed by atoms with Gasteiger partial charge in [0, 0.05) is 6.07 Å². The highest BCUT2D eigenvalue weighted by atomic mass is 79.9. The van der Waals surface area contributed by atoms with Crippen LogP contribution in [-0.4, -0.2) is 5.11 Å². The molecular formula is C14H11BrF2O2. The van der Waals surface area contributed by atoms with Crippen LogP contribution in [0, 0.1) is 11.6 Å². The summed E-state index contributed by atoms with van der Waals surface area (Å²) < 4.78 is 32.8. The summed E-state index contributed by atoms with van der Waals surface area (Å²) in [4.78, 5) is 0. The van der Waals surface area contributed by atoms with Crippen LogP contribution in [0.4, 0.5) is 8.78 Å². The lowest BCUT2D eigenvalue weighted by Gasteiger charge is -2.14. The fraction of sp³-hybridized carbons (Fsp3) is 0.143. The maximum absolute atomic E-state index is 13.7. The molecule has 2 aromatic rings. The largest absolute Gasteiger partial charge is 0.456 e. The van der Waals surface area contributed by atoms with Gasteiger partial charge in [-0.25, -0.2) is 8.78 Å². The summed E-state index contributed by atoms with van der Waals surface area (Å²) in [6.07, 6.45) is -1.02. The Hall–Kier alpha value is -1.46. The molecule has 0 fully saturated rings. The molecule has 2 nitrogen and oxygen atoms in total. The molecule has 5 heteroatoms. The molecular weight excluding hydrogens is 318 g/mol. The number of rotatable bonds is 3. The number of ether oxygens (including phenoxy) is 1. The van der Waals surface area contributed by atoms with Gasteiger partial charge in [-0.15, -0.1) is 0 Å². The molecule has 0 aliphatic carbocycles. The van der Waals surface area contributed by atoms with E-state index in [4.69, 9.17) is 4.74 Å². The molecule has 0 aromatic heterocycles. The first kappa shape index (κ1) is 14.0. The van der Waals surface area contributed by atoms with E-state index >= 15 is 0 Å². The molecule has 0 spiro atoms. The van der Waals surface area contributed by atoms with Crippen molar-refractivity contribution in [3.8, 4) is 11.5 Å². The third kappa shape index (κ3) is 3.11. The lowest BCUT2D eigenvalue weighted by Crippen LogP contribution is -2.00. The number of benzene rings is 2. The molecule has 0 saturated heterocycles. The number of aliphatic hydroxyl groups is 1. The number of hydrogen-bond donors (Lipinski definition) is 1. The van der Waals surface area contributed by atoms with E-state index in [0.717, 1.165) is 0 Å². The van der Waals surface area contributed by atoms with E-state index in [2.05, 4.69) is 15.9 Å². The molecule has 0 aliphatic rings. The molecule has 19 heavy (non-hydrogen) atoms. The van der Waals surface area contributed by atoms with Crippen LogP contribution in [0.25, 0.3) is 0 Å². The normalized spacial score (nSPS) is 12.3. The molecule has 0 saturated carbocycles. The Morgan fingerprint density at radius 3 is 2.58 bits per heavy atom. The fourth-order valence-corrected chi connectivity index (χ4v) is 2.01. The van der Waals surface area contributed by atoms with E-state index in [1.54, 1.807) is 0 Å². The first-order chi connectivity index (χ1) is 8.99. The Bertz CT molecular complexity index is 600. The van der Waals surface area contributed by atoms with Crippen LogP contribution >= 0.6 is 15.9 Å². The van der Waals surface area contributed by atoms with Crippen molar-refractivity contribution < 1.29 is 18.6 Å². The summed E-state index contributed by atoms with van der Waals surface area (Å²) >= 11 is 3.22. The van der Waals surface area contributed by atoms with E-state index in [1.165, 1.54) is 43.3 Å². The van der Waals surface area contributed by atoms with Gasteiger partial charge < -0.3 is 9.84 Å². The highest BCUT2D eigenvalue weighted by Crippen LogP contribution is 2.35. The number of halogens is 3. The van der Waals surface area contributed by atoms with Crippen molar-refractivity contribution >= 4 is 15.9 Å². The minimum absolute atomic E-state index is 0.0404. The van der Waals surface area contributed by atoms with E-state index in [0.29, 0.717) is 4.47 Å². The van der Waals surface area contributed by atoms with Crippen molar-refractivity contribution in [1.29, 1.82) is 0 Å². The van der Waals surface area contributed by atoms with Crippen LogP contribution in [0.3, 0.4) is 0 Å². The first-order valence-corrected chi connectivity index (χ1v) is 6.37. The third-order valence-electron chi connectivity index (χ3n) is 2.54. The Balaban J connectivity index is 2.44. The Morgan fingerprint density at radius 2 is 1.89 bits per heavy atom. The van der Waals surface area contributed by atoms with Crippen LogP contribution in [0.2, 0.25) is 0 Å². The highest BCUT2D eigenvalue weighted by Gasteiger charge is 2.16. The molecule has 1 atom stereocenters. The molecule has 0 aliphatic heterocycles. The number of hydrogen-bond acceptors (Lipinski definition) is 2. The predicted molar refractivity (Wildman–Crippen MR) is 71.2 cm³/mol. The minimum Gasteiger partial charge on any atom is -0.456 e. The van der Waals surface area contributed by atoms with Crippen molar-refractivity contribution in [2.24, 2.45) is 0 Å². The van der Waals surface area contributed by atoms with Crippen LogP contribution < -0.4 is 4.74 Å². The average molecular weight is 329 g/mol. The lowest BCUT2D eigenvalue weighted by molar-refractivity contribution is 0.190.